The zero-order chi connectivity index (χ0) is 54.6. The summed E-state index contributed by atoms with van der Waals surface area (Å²) >= 11 is 0. The molecule has 6 heteroatoms. The van der Waals surface area contributed by atoms with Crippen LogP contribution in [-0.4, -0.2) is 9.55 Å². The number of rotatable bonds is 8. The Balaban J connectivity index is 0.00000688. The van der Waals surface area contributed by atoms with Crippen LogP contribution in [0.1, 0.15) is 49.7 Å². The zero-order valence-electron chi connectivity index (χ0n) is 48.3. The summed E-state index contributed by atoms with van der Waals surface area (Å²) in [5.41, 5.74) is 7.24. The molecule has 0 spiro atoms. The molecule has 0 aliphatic carbocycles. The second-order valence-corrected chi connectivity index (χ2v) is 16.4. The van der Waals surface area contributed by atoms with Crippen molar-refractivity contribution in [2.75, 3.05) is 9.80 Å². The van der Waals surface area contributed by atoms with Crippen LogP contribution in [-0.2, 0) is 26.5 Å². The average molecular weight is 1030 g/mol. The van der Waals surface area contributed by atoms with Gasteiger partial charge in [0.25, 0.3) is 0 Å². The molecule has 11 rings (SSSR count). The van der Waals surface area contributed by atoms with Crippen LogP contribution >= 0.6 is 0 Å². The SMILES string of the molecule is [2H]c1c([2H])c([2H])c(-c2ccc3c(c2)c2ccc(Oc4[c-]c(N5[CH-]N(c6c(-c7cccc(C(C)(C)C)c7)cccc6-c6c([2H])c([2H])c([2H])c([2H])c6[2H])c6ccccc65)ccc4)[c-]c2n3-c2cc(C([2H])([2H])[2H])ccn2)c([2H])c1[2H].[Pt]. The molecule has 0 amide bonds. The van der Waals surface area contributed by atoms with Crippen molar-refractivity contribution in [3.63, 3.8) is 0 Å². The van der Waals surface area contributed by atoms with E-state index in [1.165, 1.54) is 18.3 Å². The van der Waals surface area contributed by atoms with Gasteiger partial charge in [0.05, 0.1) is 13.7 Å². The molecule has 0 saturated heterocycles. The van der Waals surface area contributed by atoms with Crippen LogP contribution < -0.4 is 14.5 Å². The van der Waals surface area contributed by atoms with E-state index in [0.29, 0.717) is 50.1 Å². The first kappa shape index (κ1) is 29.3. The Labute approximate surface area is 413 Å². The van der Waals surface area contributed by atoms with Crippen molar-refractivity contribution in [1.82, 2.24) is 9.55 Å². The van der Waals surface area contributed by atoms with Gasteiger partial charge in [0.15, 0.2) is 0 Å². The van der Waals surface area contributed by atoms with Gasteiger partial charge < -0.3 is 19.1 Å². The molecular weight excluding hydrogens is 976 g/mol. The number of aromatic nitrogens is 2. The number of nitrogens with zero attached hydrogens (tertiary/aromatic N) is 4. The predicted molar refractivity (Wildman–Crippen MR) is 264 cm³/mol. The fourth-order valence-corrected chi connectivity index (χ4v) is 8.32. The number of anilines is 4. The Morgan fingerprint density at radius 2 is 1.32 bits per heavy atom. The summed E-state index contributed by atoms with van der Waals surface area (Å²) in [6.45, 7) is 5.86. The average Bonchev–Trinajstić information content (AvgIpc) is 4.09. The van der Waals surface area contributed by atoms with Gasteiger partial charge in [-0.25, -0.2) is 4.98 Å². The second-order valence-electron chi connectivity index (χ2n) is 16.4. The minimum absolute atomic E-state index is 0. The van der Waals surface area contributed by atoms with E-state index in [1.807, 2.05) is 83.2 Å². The van der Waals surface area contributed by atoms with Crippen LogP contribution in [0.3, 0.4) is 0 Å². The van der Waals surface area contributed by atoms with Crippen molar-refractivity contribution in [1.29, 1.82) is 0 Å². The summed E-state index contributed by atoms with van der Waals surface area (Å²) in [4.78, 5) is 8.51. The first-order valence-electron chi connectivity index (χ1n) is 27.2. The smallest absolute Gasteiger partial charge is 0.135 e. The Morgan fingerprint density at radius 1 is 0.615 bits per heavy atom. The third-order valence-electron chi connectivity index (χ3n) is 11.4. The summed E-state index contributed by atoms with van der Waals surface area (Å²) in [7, 11) is 0. The molecule has 320 valence electrons. The fourth-order valence-electron chi connectivity index (χ4n) is 8.32. The fraction of sp³-hybridized carbons (Fsp3) is 0.0847. The summed E-state index contributed by atoms with van der Waals surface area (Å²) in [5, 5.41) is 1.25. The number of aryl methyl sites for hydroxylation is 1. The van der Waals surface area contributed by atoms with Crippen molar-refractivity contribution >= 4 is 44.6 Å². The van der Waals surface area contributed by atoms with Crippen LogP contribution in [0.15, 0.2) is 194 Å². The molecule has 0 unspecified atom stereocenters. The minimum atomic E-state index is -2.44. The van der Waals surface area contributed by atoms with Gasteiger partial charge >= 0.3 is 0 Å². The van der Waals surface area contributed by atoms with Crippen molar-refractivity contribution in [3.05, 3.63) is 224 Å². The summed E-state index contributed by atoms with van der Waals surface area (Å²) in [5.74, 6) is 0.868. The van der Waals surface area contributed by atoms with Gasteiger partial charge in [0, 0.05) is 76.6 Å². The van der Waals surface area contributed by atoms with E-state index in [-0.39, 0.29) is 78.9 Å². The van der Waals surface area contributed by atoms with Crippen molar-refractivity contribution in [2.45, 2.75) is 33.0 Å². The Bertz CT molecular complexity index is 4020. The molecule has 8 aromatic carbocycles. The summed E-state index contributed by atoms with van der Waals surface area (Å²) in [6.07, 6.45) is 1.42. The number of benzene rings is 8. The molecule has 10 aromatic rings. The van der Waals surface area contributed by atoms with Gasteiger partial charge in [0.2, 0.25) is 0 Å². The van der Waals surface area contributed by atoms with Gasteiger partial charge in [-0.15, -0.1) is 48.1 Å². The van der Waals surface area contributed by atoms with Gasteiger partial charge in [-0.05, 0) is 81.4 Å². The maximum absolute atomic E-state index is 9.11. The number of pyridine rings is 1. The van der Waals surface area contributed by atoms with Gasteiger partial charge in [-0.1, -0.05) is 153 Å². The van der Waals surface area contributed by atoms with Crippen LogP contribution in [0.25, 0.3) is 61.0 Å². The molecule has 0 N–H and O–H groups in total. The number of hydrogen-bond donors (Lipinski definition) is 0. The first-order chi connectivity index (χ1) is 36.6. The van der Waals surface area contributed by atoms with Crippen LogP contribution in [0.2, 0.25) is 0 Å². The van der Waals surface area contributed by atoms with E-state index < -0.39 is 43.1 Å². The van der Waals surface area contributed by atoms with Gasteiger partial charge in [0.1, 0.15) is 5.82 Å². The Hall–Kier alpha value is -7.20. The number of para-hydroxylation sites is 3. The van der Waals surface area contributed by atoms with E-state index in [1.54, 1.807) is 41.0 Å². The van der Waals surface area contributed by atoms with E-state index >= 15 is 0 Å². The number of hydrogen-bond acceptors (Lipinski definition) is 4. The van der Waals surface area contributed by atoms with Crippen LogP contribution in [0.4, 0.5) is 22.7 Å². The standard InChI is InChI=1S/C59H45N4O.Pt/c1-40-32-33-60-57(34-40)63-53-31-28-43(41-16-7-5-8-17-41)36-52(53)51-30-29-48(38-56(51)63)64-47-23-14-22-46(37-47)61-39-62(55-27-12-11-26-54(55)61)58-49(42-18-9-6-10-19-42)24-15-25-50(58)44-20-13-21-45(35-44)59(2,3)4;/h5-36,39H,1-4H3;/q-3;/i1D3,5D,6D,7D,8D,9D,10D,16D,17D,18D,19D;. The van der Waals surface area contributed by atoms with E-state index in [4.69, 9.17) is 22.6 Å². The summed E-state index contributed by atoms with van der Waals surface area (Å²) < 4.78 is 119. The molecule has 0 saturated carbocycles. The molecule has 65 heavy (non-hydrogen) atoms. The van der Waals surface area contributed by atoms with Crippen molar-refractivity contribution in [2.24, 2.45) is 0 Å². The maximum Gasteiger partial charge on any atom is 0.135 e. The number of fused-ring (bicyclic) bond motifs is 4. The molecule has 0 fully saturated rings. The predicted octanol–water partition coefficient (Wildman–Crippen LogP) is 15.6. The summed E-state index contributed by atoms with van der Waals surface area (Å²) in [6, 6.07) is 41.3. The van der Waals surface area contributed by atoms with E-state index in [2.05, 4.69) is 50.0 Å². The van der Waals surface area contributed by atoms with E-state index in [9.17, 15) is 0 Å². The normalized spacial score (nSPS) is 15.4. The molecular formula is C59H45N4OPt-3. The Kier molecular flexibility index (Phi) is 7.69. The third kappa shape index (κ3) is 7.81. The number of ether oxygens (including phenoxy) is 1. The largest absolute Gasteiger partial charge is 0.509 e. The third-order valence-corrected chi connectivity index (χ3v) is 11.4. The monoisotopic (exact) mass is 1030 g/mol. The molecule has 0 bridgehead atoms. The second kappa shape index (κ2) is 17.1. The molecule has 0 atom stereocenters. The Morgan fingerprint density at radius 3 is 2.09 bits per heavy atom. The van der Waals surface area contributed by atoms with Crippen molar-refractivity contribution < 1.29 is 43.6 Å². The molecule has 5 nitrogen and oxygen atoms in total. The van der Waals surface area contributed by atoms with Crippen molar-refractivity contribution in [3.8, 4) is 50.7 Å². The van der Waals surface area contributed by atoms with Crippen LogP contribution in [0, 0.1) is 25.7 Å². The molecule has 1 aliphatic rings. The topological polar surface area (TPSA) is 33.5 Å². The van der Waals surface area contributed by atoms with E-state index in [0.717, 1.165) is 28.1 Å². The van der Waals surface area contributed by atoms with Crippen LogP contribution in [0.5, 0.6) is 11.5 Å². The molecule has 1 aliphatic heterocycles. The molecule has 0 radical (unpaired) electrons. The minimum Gasteiger partial charge on any atom is -0.509 e. The van der Waals surface area contributed by atoms with Gasteiger partial charge in [-0.2, -0.15) is 12.1 Å². The quantitative estimate of drug-likeness (QED) is 0.142. The van der Waals surface area contributed by atoms with Gasteiger partial charge in [-0.3, -0.25) is 0 Å². The molecule has 2 aromatic heterocycles. The molecule has 3 heterocycles. The zero-order valence-corrected chi connectivity index (χ0v) is 37.6. The first-order valence-corrected chi connectivity index (χ1v) is 20.7. The maximum atomic E-state index is 9.11.